The lowest BCUT2D eigenvalue weighted by molar-refractivity contribution is -0.139. The number of carboxylic acids is 2. The van der Waals surface area contributed by atoms with Crippen molar-refractivity contribution in [2.75, 3.05) is 7.11 Å². The molecule has 0 saturated carbocycles. The van der Waals surface area contributed by atoms with E-state index in [2.05, 4.69) is 4.98 Å². The van der Waals surface area contributed by atoms with E-state index in [9.17, 15) is 14.7 Å². The summed E-state index contributed by atoms with van der Waals surface area (Å²) in [6.45, 7) is 1.75. The fourth-order valence-electron chi connectivity index (χ4n) is 2.20. The zero-order valence-electron chi connectivity index (χ0n) is 11.0. The number of hydrogen-bond donors (Lipinski definition) is 2. The molecular formula is C13H14N2O5. The normalized spacial score (nSPS) is 12.3. The number of fused-ring (bicyclic) bond motifs is 1. The van der Waals surface area contributed by atoms with Crippen molar-refractivity contribution < 1.29 is 24.5 Å². The average Bonchev–Trinajstić information content (AvgIpc) is 2.78. The fourth-order valence-corrected chi connectivity index (χ4v) is 2.20. The zero-order valence-corrected chi connectivity index (χ0v) is 11.0. The van der Waals surface area contributed by atoms with E-state index in [0.717, 1.165) is 0 Å². The number of ether oxygens (including phenoxy) is 1. The van der Waals surface area contributed by atoms with Crippen LogP contribution in [0.3, 0.4) is 0 Å². The minimum atomic E-state index is -1.22. The Hall–Kier alpha value is -2.57. The molecule has 2 rings (SSSR count). The highest BCUT2D eigenvalue weighted by Crippen LogP contribution is 2.28. The van der Waals surface area contributed by atoms with E-state index < -0.39 is 17.9 Å². The second kappa shape index (κ2) is 5.20. The Bertz CT molecular complexity index is 677. The largest absolute Gasteiger partial charge is 0.481 e. The average molecular weight is 278 g/mol. The van der Waals surface area contributed by atoms with Gasteiger partial charge >= 0.3 is 11.9 Å². The maximum absolute atomic E-state index is 11.3. The van der Waals surface area contributed by atoms with E-state index in [1.807, 2.05) is 0 Å². The quantitative estimate of drug-likeness (QED) is 0.861. The minimum absolute atomic E-state index is 0.0304. The number of pyridine rings is 1. The predicted octanol–water partition coefficient (Wildman–Crippen LogP) is 1.62. The number of nitrogens with zero attached hydrogens (tertiary/aromatic N) is 2. The van der Waals surface area contributed by atoms with E-state index in [0.29, 0.717) is 17.8 Å². The third-order valence-corrected chi connectivity index (χ3v) is 3.09. The van der Waals surface area contributed by atoms with E-state index in [4.69, 9.17) is 9.84 Å². The van der Waals surface area contributed by atoms with Crippen LogP contribution in [0.2, 0.25) is 0 Å². The van der Waals surface area contributed by atoms with Crippen LogP contribution in [-0.4, -0.2) is 38.6 Å². The zero-order chi connectivity index (χ0) is 14.9. The minimum Gasteiger partial charge on any atom is -0.481 e. The molecule has 1 unspecified atom stereocenters. The number of carbonyl (C=O) groups is 2. The van der Waals surface area contributed by atoms with E-state index in [1.54, 1.807) is 25.1 Å². The highest BCUT2D eigenvalue weighted by Gasteiger charge is 2.26. The van der Waals surface area contributed by atoms with Crippen LogP contribution in [0.15, 0.2) is 18.2 Å². The molecule has 0 spiro atoms. The van der Waals surface area contributed by atoms with Crippen molar-refractivity contribution in [1.82, 2.24) is 9.38 Å². The van der Waals surface area contributed by atoms with Crippen LogP contribution in [-0.2, 0) is 4.79 Å². The maximum Gasteiger partial charge on any atom is 0.360 e. The first kappa shape index (κ1) is 13.9. The molecule has 1 atom stereocenters. The monoisotopic (exact) mass is 278 g/mol. The summed E-state index contributed by atoms with van der Waals surface area (Å²) in [4.78, 5) is 26.5. The smallest absolute Gasteiger partial charge is 0.360 e. The van der Waals surface area contributed by atoms with Crippen molar-refractivity contribution >= 4 is 17.6 Å². The standard InChI is InChI=1S/C13H14N2O5/c1-3-7(12(16)17)8-5-4-6-9-14-10(13(18)19)11(20-2)15(8)9/h4-7H,3H2,1-2H3,(H,16,17)(H,18,19). The molecule has 0 aliphatic carbocycles. The van der Waals surface area contributed by atoms with Crippen LogP contribution >= 0.6 is 0 Å². The van der Waals surface area contributed by atoms with Crippen molar-refractivity contribution in [3.63, 3.8) is 0 Å². The van der Waals surface area contributed by atoms with Crippen LogP contribution in [0, 0.1) is 0 Å². The van der Waals surface area contributed by atoms with Crippen molar-refractivity contribution in [2.24, 2.45) is 0 Å². The Kier molecular flexibility index (Phi) is 3.60. The molecule has 0 bridgehead atoms. The molecule has 0 saturated heterocycles. The second-order valence-corrected chi connectivity index (χ2v) is 4.22. The topological polar surface area (TPSA) is 101 Å². The molecule has 0 radical (unpaired) electrons. The molecule has 20 heavy (non-hydrogen) atoms. The van der Waals surface area contributed by atoms with Crippen LogP contribution in [0.1, 0.15) is 35.4 Å². The summed E-state index contributed by atoms with van der Waals surface area (Å²) in [5.74, 6) is -2.93. The lowest BCUT2D eigenvalue weighted by Crippen LogP contribution is -2.14. The number of hydrogen-bond acceptors (Lipinski definition) is 4. The molecule has 0 amide bonds. The molecule has 2 N–H and O–H groups in total. The van der Waals surface area contributed by atoms with Gasteiger partial charge in [-0.05, 0) is 18.6 Å². The van der Waals surface area contributed by atoms with Crippen molar-refractivity contribution in [1.29, 1.82) is 0 Å². The Morgan fingerprint density at radius 2 is 2.10 bits per heavy atom. The number of methoxy groups -OCH3 is 1. The Labute approximate surface area is 114 Å². The van der Waals surface area contributed by atoms with Gasteiger partial charge in [0.15, 0.2) is 0 Å². The van der Waals surface area contributed by atoms with Gasteiger partial charge in [0.1, 0.15) is 5.65 Å². The highest BCUT2D eigenvalue weighted by atomic mass is 16.5. The van der Waals surface area contributed by atoms with Gasteiger partial charge in [-0.25, -0.2) is 9.78 Å². The summed E-state index contributed by atoms with van der Waals surface area (Å²) in [5, 5.41) is 18.4. The first-order valence-electron chi connectivity index (χ1n) is 6.02. The molecule has 0 fully saturated rings. The summed E-state index contributed by atoms with van der Waals surface area (Å²) in [7, 11) is 1.33. The summed E-state index contributed by atoms with van der Waals surface area (Å²) in [6.07, 6.45) is 0.373. The van der Waals surface area contributed by atoms with Gasteiger partial charge in [-0.1, -0.05) is 13.0 Å². The van der Waals surface area contributed by atoms with E-state index in [-0.39, 0.29) is 11.6 Å². The summed E-state index contributed by atoms with van der Waals surface area (Å²) in [6, 6.07) is 4.88. The number of aliphatic carboxylic acids is 1. The molecule has 2 heterocycles. The fraction of sp³-hybridized carbons (Fsp3) is 0.308. The van der Waals surface area contributed by atoms with Gasteiger partial charge in [0.2, 0.25) is 11.6 Å². The Balaban J connectivity index is 2.79. The van der Waals surface area contributed by atoms with E-state index >= 15 is 0 Å². The number of aromatic carboxylic acids is 1. The van der Waals surface area contributed by atoms with Gasteiger partial charge in [0, 0.05) is 5.69 Å². The molecule has 2 aromatic rings. The number of rotatable bonds is 5. The molecule has 7 nitrogen and oxygen atoms in total. The molecule has 106 valence electrons. The van der Waals surface area contributed by atoms with Crippen molar-refractivity contribution in [3.05, 3.63) is 29.6 Å². The lowest BCUT2D eigenvalue weighted by Gasteiger charge is -2.14. The summed E-state index contributed by atoms with van der Waals surface area (Å²) >= 11 is 0. The number of carboxylic acid groups (broad SMARTS) is 2. The Morgan fingerprint density at radius 3 is 2.60 bits per heavy atom. The first-order chi connectivity index (χ1) is 9.51. The van der Waals surface area contributed by atoms with Gasteiger partial charge in [-0.15, -0.1) is 0 Å². The maximum atomic E-state index is 11.3. The van der Waals surface area contributed by atoms with Crippen LogP contribution in [0.4, 0.5) is 0 Å². The third-order valence-electron chi connectivity index (χ3n) is 3.09. The van der Waals surface area contributed by atoms with Crippen molar-refractivity contribution in [3.8, 4) is 5.88 Å². The lowest BCUT2D eigenvalue weighted by atomic mass is 10.0. The summed E-state index contributed by atoms with van der Waals surface area (Å²) in [5.41, 5.74) is 0.547. The Morgan fingerprint density at radius 1 is 1.40 bits per heavy atom. The van der Waals surface area contributed by atoms with Crippen molar-refractivity contribution in [2.45, 2.75) is 19.3 Å². The third kappa shape index (κ3) is 2.07. The molecular weight excluding hydrogens is 264 g/mol. The van der Waals surface area contributed by atoms with Gasteiger partial charge in [0.25, 0.3) is 0 Å². The second-order valence-electron chi connectivity index (χ2n) is 4.22. The SMILES string of the molecule is CCC(C(=O)O)c1cccc2nc(C(=O)O)c(OC)n12. The van der Waals surface area contributed by atoms with Gasteiger partial charge in [0.05, 0.1) is 13.0 Å². The van der Waals surface area contributed by atoms with Crippen LogP contribution in [0.25, 0.3) is 5.65 Å². The summed E-state index contributed by atoms with van der Waals surface area (Å²) < 4.78 is 6.54. The van der Waals surface area contributed by atoms with Gasteiger partial charge in [-0.3, -0.25) is 9.20 Å². The van der Waals surface area contributed by atoms with E-state index in [1.165, 1.54) is 11.5 Å². The first-order valence-corrected chi connectivity index (χ1v) is 6.02. The molecule has 0 aliphatic rings. The molecule has 0 aliphatic heterocycles. The molecule has 2 aromatic heterocycles. The van der Waals surface area contributed by atoms with Gasteiger partial charge in [-0.2, -0.15) is 0 Å². The molecule has 0 aromatic carbocycles. The highest BCUT2D eigenvalue weighted by molar-refractivity contribution is 5.89. The van der Waals surface area contributed by atoms with Crippen LogP contribution in [0.5, 0.6) is 5.88 Å². The predicted molar refractivity (Wildman–Crippen MR) is 69.4 cm³/mol. The van der Waals surface area contributed by atoms with Gasteiger partial charge < -0.3 is 14.9 Å². The molecule has 7 heteroatoms. The number of aromatic nitrogens is 2. The van der Waals surface area contributed by atoms with Crippen LogP contribution < -0.4 is 4.74 Å². The number of imidazole rings is 1.